The van der Waals surface area contributed by atoms with E-state index in [4.69, 9.17) is 18.9 Å². The van der Waals surface area contributed by atoms with Gasteiger partial charge in [-0.15, -0.1) is 0 Å². The van der Waals surface area contributed by atoms with Crippen LogP contribution < -0.4 is 40.2 Å². The van der Waals surface area contributed by atoms with Gasteiger partial charge < -0.3 is 60.4 Å². The molecule has 0 bridgehead atoms. The zero-order valence-electron chi connectivity index (χ0n) is 51.3. The summed E-state index contributed by atoms with van der Waals surface area (Å²) in [5.74, 6) is -5.51. The van der Waals surface area contributed by atoms with E-state index in [-0.39, 0.29) is 109 Å². The smallest absolute Gasteiger partial charge is 0.484 e. The number of nitro groups is 4. The highest BCUT2D eigenvalue weighted by atomic mass is 16.7. The normalized spacial score (nSPS) is 12.4. The second kappa shape index (κ2) is 32.1. The monoisotopic (exact) mass is 1320 g/mol. The summed E-state index contributed by atoms with van der Waals surface area (Å²) in [5, 5.41) is 57.6. The average molecular weight is 1330 g/mol. The van der Waals surface area contributed by atoms with Crippen molar-refractivity contribution in [3.63, 3.8) is 0 Å². The van der Waals surface area contributed by atoms with Crippen molar-refractivity contribution in [3.05, 3.63) is 184 Å². The second-order valence-electron chi connectivity index (χ2n) is 21.5. The molecule has 4 N–H and O–H groups in total. The van der Waals surface area contributed by atoms with Gasteiger partial charge in [-0.25, -0.2) is 13.9 Å². The van der Waals surface area contributed by atoms with Crippen molar-refractivity contribution in [1.29, 1.82) is 0 Å². The number of rotatable bonds is 34. The molecule has 96 heavy (non-hydrogen) atoms. The number of imidazole rings is 2. The molecular weight excluding hydrogens is 1260 g/mol. The summed E-state index contributed by atoms with van der Waals surface area (Å²) in [6.45, 7) is -1.26. The van der Waals surface area contributed by atoms with Gasteiger partial charge in [-0.3, -0.25) is 68.4 Å². The molecule has 6 aromatic rings. The van der Waals surface area contributed by atoms with E-state index in [1.54, 1.807) is 0 Å². The summed E-state index contributed by atoms with van der Waals surface area (Å²) in [7, 11) is 2.79. The molecule has 0 saturated carbocycles. The van der Waals surface area contributed by atoms with Gasteiger partial charge in [0.05, 0.1) is 48.4 Å². The molecule has 0 unspecified atom stereocenters. The van der Waals surface area contributed by atoms with Crippen molar-refractivity contribution in [2.75, 3.05) is 36.8 Å². The standard InChI is InChI=1S/C61H60N14O21/c1-68-43(31-64-59(68)74(89)90)35-93-49-15-11-37(27-45(49)66-53(78)33-62-51(76)9-5-3-7-23-70-55(80)19-20-56(70)81)25-39-29-41(72(85)86)13-17-47(39)95-61(84)96-48-18-14-42(73(87)88)30-40(48)26-38-12-16-50(94-36-44-32-65-60(69(44)2)75(91)92)46(28-38)67-54(79)34-63-52(77)10-6-4-8-24-71-57(82)21-22-58(71)83/h11-22,27-32H,3-10,23-26,33-36H2,1-2H3,(H,62,76)(H,63,77)(H,66,78)(H,67,79). The van der Waals surface area contributed by atoms with Gasteiger partial charge in [-0.05, 0) is 83.1 Å². The van der Waals surface area contributed by atoms with Gasteiger partial charge in [-0.2, -0.15) is 0 Å². The Labute approximate surface area is 542 Å². The number of ether oxygens (including phenoxy) is 4. The number of benzene rings is 4. The summed E-state index contributed by atoms with van der Waals surface area (Å²) in [4.78, 5) is 168. The van der Waals surface area contributed by atoms with Gasteiger partial charge in [-0.1, -0.05) is 34.9 Å². The Kier molecular flexibility index (Phi) is 23.2. The van der Waals surface area contributed by atoms with Crippen LogP contribution in [0.1, 0.15) is 85.0 Å². The molecule has 2 aliphatic rings. The Balaban J connectivity index is 0.967. The number of hydrogen-bond donors (Lipinski definition) is 4. The summed E-state index contributed by atoms with van der Waals surface area (Å²) in [6, 6.07) is 15.3. The molecule has 0 aliphatic carbocycles. The topological polar surface area (TPSA) is 453 Å². The maximum absolute atomic E-state index is 13.9. The lowest BCUT2D eigenvalue weighted by atomic mass is 10.0. The minimum atomic E-state index is -1.41. The van der Waals surface area contributed by atoms with Crippen molar-refractivity contribution in [2.24, 2.45) is 14.1 Å². The first kappa shape index (κ1) is 69.3. The minimum Gasteiger partial charge on any atom is -0.484 e. The Hall–Kier alpha value is -12.6. The first-order valence-electron chi connectivity index (χ1n) is 29.4. The van der Waals surface area contributed by atoms with Crippen LogP contribution >= 0.6 is 0 Å². The first-order chi connectivity index (χ1) is 45.9. The number of nitrogens with one attached hydrogen (secondary N) is 4. The van der Waals surface area contributed by atoms with Gasteiger partial charge in [0.25, 0.3) is 35.0 Å². The molecule has 35 heteroatoms. The number of hydrogen-bond acceptors (Lipinski definition) is 23. The number of nitro benzene ring substituents is 2. The van der Waals surface area contributed by atoms with Gasteiger partial charge in [0, 0.05) is 98.5 Å². The second-order valence-corrected chi connectivity index (χ2v) is 21.5. The summed E-state index contributed by atoms with van der Waals surface area (Å²) < 4.78 is 25.7. The predicted molar refractivity (Wildman–Crippen MR) is 332 cm³/mol. The van der Waals surface area contributed by atoms with Crippen LogP contribution in [0.2, 0.25) is 0 Å². The third kappa shape index (κ3) is 18.8. The molecule has 2 aliphatic heterocycles. The highest BCUT2D eigenvalue weighted by Crippen LogP contribution is 2.35. The van der Waals surface area contributed by atoms with E-state index in [1.807, 2.05) is 0 Å². The van der Waals surface area contributed by atoms with E-state index < -0.39 is 109 Å². The molecule has 0 saturated heterocycles. The Morgan fingerprint density at radius 3 is 1.20 bits per heavy atom. The first-order valence-corrected chi connectivity index (χ1v) is 29.4. The molecule has 2 aromatic heterocycles. The number of anilines is 2. The third-order valence-corrected chi connectivity index (χ3v) is 14.8. The van der Waals surface area contributed by atoms with Gasteiger partial charge >= 0.3 is 18.1 Å². The van der Waals surface area contributed by atoms with Gasteiger partial charge in [0.1, 0.15) is 48.6 Å². The van der Waals surface area contributed by atoms with Crippen LogP contribution in [-0.4, -0.2) is 128 Å². The van der Waals surface area contributed by atoms with Crippen molar-refractivity contribution in [3.8, 4) is 23.0 Å². The van der Waals surface area contributed by atoms with Gasteiger partial charge in [0.15, 0.2) is 11.4 Å². The molecule has 8 rings (SSSR count). The molecule has 8 amide bonds. The van der Waals surface area contributed by atoms with Crippen LogP contribution in [0.5, 0.6) is 23.0 Å². The van der Waals surface area contributed by atoms with Crippen molar-refractivity contribution in [1.82, 2.24) is 39.5 Å². The van der Waals surface area contributed by atoms with Crippen molar-refractivity contribution < 1.29 is 81.8 Å². The quantitative estimate of drug-likeness (QED) is 0.00928. The Bertz CT molecular complexity index is 3860. The van der Waals surface area contributed by atoms with Crippen LogP contribution in [0.25, 0.3) is 0 Å². The van der Waals surface area contributed by atoms with Crippen molar-refractivity contribution in [2.45, 2.75) is 77.4 Å². The number of unbranched alkanes of at least 4 members (excludes halogenated alkanes) is 4. The molecule has 0 atom stereocenters. The largest absolute Gasteiger partial charge is 0.519 e. The highest BCUT2D eigenvalue weighted by molar-refractivity contribution is 6.13. The van der Waals surface area contributed by atoms with Crippen LogP contribution in [0.4, 0.5) is 39.4 Å². The van der Waals surface area contributed by atoms with E-state index in [2.05, 4.69) is 31.2 Å². The van der Waals surface area contributed by atoms with Crippen LogP contribution in [0.3, 0.4) is 0 Å². The van der Waals surface area contributed by atoms with Crippen molar-refractivity contribution >= 4 is 88.1 Å². The lowest BCUT2D eigenvalue weighted by Crippen LogP contribution is -2.33. The fourth-order valence-electron chi connectivity index (χ4n) is 9.77. The summed E-state index contributed by atoms with van der Waals surface area (Å²) in [6.07, 6.45) is 7.91. The van der Waals surface area contributed by atoms with Gasteiger partial charge in [0.2, 0.25) is 23.6 Å². The van der Waals surface area contributed by atoms with E-state index in [0.29, 0.717) is 49.7 Å². The molecule has 0 radical (unpaired) electrons. The summed E-state index contributed by atoms with van der Waals surface area (Å²) in [5.41, 5.74) is 0.389. The third-order valence-electron chi connectivity index (χ3n) is 14.8. The number of carbonyl (C=O) groups excluding carboxylic acids is 9. The molecule has 35 nitrogen and oxygen atoms in total. The Morgan fingerprint density at radius 2 is 0.844 bits per heavy atom. The molecule has 0 spiro atoms. The minimum absolute atomic E-state index is 0.00734. The zero-order chi connectivity index (χ0) is 69.2. The fraction of sp³-hybridized carbons (Fsp3) is 0.295. The fourth-order valence-corrected chi connectivity index (χ4v) is 9.77. The maximum atomic E-state index is 13.9. The molecule has 4 aromatic carbocycles. The van der Waals surface area contributed by atoms with E-state index >= 15 is 0 Å². The number of non-ortho nitro benzene ring substituents is 2. The predicted octanol–water partition coefficient (Wildman–Crippen LogP) is 5.78. The highest BCUT2D eigenvalue weighted by Gasteiger charge is 2.27. The number of carbonyl (C=O) groups is 9. The molecule has 0 fully saturated rings. The van der Waals surface area contributed by atoms with Crippen LogP contribution in [-0.2, 0) is 78.5 Å². The lowest BCUT2D eigenvalue weighted by molar-refractivity contribution is -0.396. The lowest BCUT2D eigenvalue weighted by Gasteiger charge is -2.16. The molecular formula is C61H60N14O21. The average Bonchev–Trinajstić information content (AvgIpc) is 1.19. The molecule has 500 valence electrons. The number of amides is 8. The van der Waals surface area contributed by atoms with E-state index in [9.17, 15) is 83.6 Å². The summed E-state index contributed by atoms with van der Waals surface area (Å²) >= 11 is 0. The van der Waals surface area contributed by atoms with E-state index in [1.165, 1.54) is 96.3 Å². The zero-order valence-corrected chi connectivity index (χ0v) is 51.3. The number of aromatic nitrogens is 4. The van der Waals surface area contributed by atoms with Crippen LogP contribution in [0.15, 0.2) is 109 Å². The van der Waals surface area contributed by atoms with Crippen LogP contribution in [0, 0.1) is 40.5 Å². The number of imide groups is 2. The van der Waals surface area contributed by atoms with E-state index in [0.717, 1.165) is 46.2 Å². The maximum Gasteiger partial charge on any atom is 0.519 e. The Morgan fingerprint density at radius 1 is 0.469 bits per heavy atom. The number of nitrogens with zero attached hydrogens (tertiary/aromatic N) is 10. The SMILES string of the molecule is Cn1c(COc2ccc(Cc3cc([N+](=O)[O-])ccc3OC(=O)Oc3ccc([N+](=O)[O-])cc3Cc3ccc(OCc4cnc([N+](=O)[O-])n4C)c(NC(=O)CNC(=O)CCCCCN4C(=O)C=CC4=O)c3)cc2NC(=O)CNC(=O)CCCCCN2C(=O)C=CC2=O)cnc1[N+](=O)[O-]. The molecule has 4 heterocycles.